The van der Waals surface area contributed by atoms with E-state index in [2.05, 4.69) is 0 Å². The molecular formula is C23H26FNO6. The van der Waals surface area contributed by atoms with Crippen molar-refractivity contribution in [3.63, 3.8) is 0 Å². The summed E-state index contributed by atoms with van der Waals surface area (Å²) < 4.78 is 27.2. The van der Waals surface area contributed by atoms with Crippen LogP contribution in [-0.2, 0) is 11.3 Å². The predicted molar refractivity (Wildman–Crippen MR) is 111 cm³/mol. The number of hydrogen-bond donors (Lipinski definition) is 4. The summed E-state index contributed by atoms with van der Waals surface area (Å²) in [5.41, 5.74) is 2.82. The van der Waals surface area contributed by atoms with E-state index in [0.717, 1.165) is 16.5 Å². The third kappa shape index (κ3) is 3.93. The largest absolute Gasteiger partial charge is 0.497 e. The topological polar surface area (TPSA) is 104 Å². The average molecular weight is 431 g/mol. The van der Waals surface area contributed by atoms with Gasteiger partial charge in [0.1, 0.15) is 42.1 Å². The van der Waals surface area contributed by atoms with E-state index < -0.39 is 42.9 Å². The van der Waals surface area contributed by atoms with E-state index in [4.69, 9.17) is 9.47 Å². The molecule has 1 aliphatic heterocycles. The lowest BCUT2D eigenvalue weighted by Gasteiger charge is -2.40. The Morgan fingerprint density at radius 1 is 1.06 bits per heavy atom. The Kier molecular flexibility index (Phi) is 6.00. The van der Waals surface area contributed by atoms with E-state index in [1.807, 2.05) is 29.7 Å². The number of benzene rings is 2. The third-order valence-corrected chi connectivity index (χ3v) is 5.87. The first-order valence-corrected chi connectivity index (χ1v) is 10.1. The lowest BCUT2D eigenvalue weighted by Crippen LogP contribution is -2.55. The second-order valence-electron chi connectivity index (χ2n) is 7.94. The van der Waals surface area contributed by atoms with Gasteiger partial charge in [0, 0.05) is 34.3 Å². The van der Waals surface area contributed by atoms with E-state index in [1.165, 1.54) is 13.2 Å². The highest BCUT2D eigenvalue weighted by Gasteiger charge is 2.44. The van der Waals surface area contributed by atoms with Gasteiger partial charge in [0.05, 0.1) is 20.3 Å². The van der Waals surface area contributed by atoms with Crippen molar-refractivity contribution in [1.29, 1.82) is 0 Å². The monoisotopic (exact) mass is 431 g/mol. The van der Waals surface area contributed by atoms with Gasteiger partial charge in [-0.2, -0.15) is 0 Å². The fourth-order valence-electron chi connectivity index (χ4n) is 4.12. The minimum Gasteiger partial charge on any atom is -0.497 e. The minimum atomic E-state index is -1.47. The van der Waals surface area contributed by atoms with Crippen LogP contribution in [0.1, 0.15) is 22.8 Å². The number of nitrogens with zero attached hydrogens (tertiary/aromatic N) is 1. The fraction of sp³-hybridized carbons (Fsp3) is 0.391. The zero-order valence-corrected chi connectivity index (χ0v) is 17.3. The van der Waals surface area contributed by atoms with Gasteiger partial charge in [0.25, 0.3) is 0 Å². The SMILES string of the molecule is COc1ccc(Cn2cc([C@@H]3O[C@H](CO)[C@@H](O)[C@H](O)[C@H]3O)c3cc(C)ccc32)c(F)c1. The molecule has 3 aromatic rings. The number of methoxy groups -OCH3 is 1. The van der Waals surface area contributed by atoms with Gasteiger partial charge in [-0.1, -0.05) is 17.7 Å². The van der Waals surface area contributed by atoms with Gasteiger partial charge in [-0.3, -0.25) is 0 Å². The average Bonchev–Trinajstić information content (AvgIpc) is 3.11. The Hall–Kier alpha value is -2.49. The van der Waals surface area contributed by atoms with Crippen molar-refractivity contribution in [2.75, 3.05) is 13.7 Å². The first kappa shape index (κ1) is 21.7. The van der Waals surface area contributed by atoms with Crippen molar-refractivity contribution in [3.8, 4) is 5.75 Å². The molecule has 0 spiro atoms. The van der Waals surface area contributed by atoms with Gasteiger partial charge in [-0.25, -0.2) is 4.39 Å². The number of aliphatic hydroxyl groups excluding tert-OH is 4. The first-order valence-electron chi connectivity index (χ1n) is 10.1. The summed E-state index contributed by atoms with van der Waals surface area (Å²) in [6.07, 6.45) is -4.53. The molecule has 5 atom stereocenters. The lowest BCUT2D eigenvalue weighted by atomic mass is 9.91. The van der Waals surface area contributed by atoms with E-state index in [1.54, 1.807) is 18.3 Å². The number of aliphatic hydroxyl groups is 4. The van der Waals surface area contributed by atoms with Crippen molar-refractivity contribution in [2.24, 2.45) is 0 Å². The Morgan fingerprint density at radius 2 is 1.84 bits per heavy atom. The van der Waals surface area contributed by atoms with Crippen LogP contribution in [0.4, 0.5) is 4.39 Å². The van der Waals surface area contributed by atoms with Gasteiger partial charge < -0.3 is 34.5 Å². The summed E-state index contributed by atoms with van der Waals surface area (Å²) >= 11 is 0. The summed E-state index contributed by atoms with van der Waals surface area (Å²) in [4.78, 5) is 0. The van der Waals surface area contributed by atoms with E-state index in [9.17, 15) is 24.8 Å². The quantitative estimate of drug-likeness (QED) is 0.490. The normalized spacial score (nSPS) is 26.4. The molecule has 166 valence electrons. The van der Waals surface area contributed by atoms with Crippen LogP contribution in [0.15, 0.2) is 42.6 Å². The molecule has 0 unspecified atom stereocenters. The number of halogens is 1. The van der Waals surface area contributed by atoms with Crippen LogP contribution in [0, 0.1) is 12.7 Å². The van der Waals surface area contributed by atoms with E-state index in [0.29, 0.717) is 16.9 Å². The molecule has 1 aliphatic rings. The highest BCUT2D eigenvalue weighted by Crippen LogP contribution is 2.37. The van der Waals surface area contributed by atoms with Crippen molar-refractivity contribution in [2.45, 2.75) is 44.0 Å². The molecule has 0 radical (unpaired) electrons. The van der Waals surface area contributed by atoms with Crippen LogP contribution in [0.25, 0.3) is 10.9 Å². The molecule has 0 bridgehead atoms. The molecule has 8 heteroatoms. The number of hydrogen-bond acceptors (Lipinski definition) is 6. The fourth-order valence-corrected chi connectivity index (χ4v) is 4.12. The van der Waals surface area contributed by atoms with Crippen LogP contribution in [-0.4, -0.2) is 63.1 Å². The molecule has 0 aliphatic carbocycles. The molecule has 4 N–H and O–H groups in total. The molecule has 1 fully saturated rings. The Balaban J connectivity index is 1.78. The standard InChI is InChI=1S/C23H26FNO6/c1-12-3-6-18-15(7-12)16(23-22(29)21(28)20(27)19(11-26)31-23)10-25(18)9-13-4-5-14(30-2)8-17(13)24/h3-8,10,19-23,26-29H,9,11H2,1-2H3/t19-,20-,21+,22-,23+/m1/s1. The van der Waals surface area contributed by atoms with Crippen molar-refractivity contribution in [3.05, 3.63) is 65.1 Å². The maximum Gasteiger partial charge on any atom is 0.131 e. The third-order valence-electron chi connectivity index (χ3n) is 5.87. The maximum atomic E-state index is 14.6. The van der Waals surface area contributed by atoms with Crippen LogP contribution in [0.3, 0.4) is 0 Å². The lowest BCUT2D eigenvalue weighted by molar-refractivity contribution is -0.231. The van der Waals surface area contributed by atoms with Gasteiger partial charge in [-0.05, 0) is 25.1 Å². The Morgan fingerprint density at radius 3 is 2.52 bits per heavy atom. The smallest absolute Gasteiger partial charge is 0.131 e. The molecule has 7 nitrogen and oxygen atoms in total. The number of fused-ring (bicyclic) bond motifs is 1. The van der Waals surface area contributed by atoms with Crippen molar-refractivity contribution < 1.29 is 34.3 Å². The molecule has 2 heterocycles. The van der Waals surface area contributed by atoms with Crippen molar-refractivity contribution >= 4 is 10.9 Å². The molecule has 1 aromatic heterocycles. The van der Waals surface area contributed by atoms with E-state index >= 15 is 0 Å². The molecule has 4 rings (SSSR count). The number of aryl methyl sites for hydroxylation is 1. The summed E-state index contributed by atoms with van der Waals surface area (Å²) in [5, 5.41) is 41.2. The summed E-state index contributed by atoms with van der Waals surface area (Å²) in [5.74, 6) is 0.0268. The number of rotatable bonds is 5. The maximum absolute atomic E-state index is 14.6. The van der Waals surface area contributed by atoms with Gasteiger partial charge in [-0.15, -0.1) is 0 Å². The van der Waals surface area contributed by atoms with Crippen LogP contribution in [0.5, 0.6) is 5.75 Å². The Bertz CT molecular complexity index is 1080. The second-order valence-corrected chi connectivity index (χ2v) is 7.94. The highest BCUT2D eigenvalue weighted by molar-refractivity contribution is 5.85. The summed E-state index contributed by atoms with van der Waals surface area (Å²) in [6, 6.07) is 10.4. The van der Waals surface area contributed by atoms with Crippen LogP contribution in [0.2, 0.25) is 0 Å². The predicted octanol–water partition coefficient (Wildman–Crippen LogP) is 1.66. The Labute approximate surface area is 178 Å². The minimum absolute atomic E-state index is 0.229. The molecule has 2 aromatic carbocycles. The number of ether oxygens (including phenoxy) is 2. The van der Waals surface area contributed by atoms with Crippen molar-refractivity contribution in [1.82, 2.24) is 4.57 Å². The zero-order valence-electron chi connectivity index (χ0n) is 17.3. The summed E-state index contributed by atoms with van der Waals surface area (Å²) in [6.45, 7) is 1.65. The van der Waals surface area contributed by atoms with Crippen LogP contribution < -0.4 is 4.74 Å². The van der Waals surface area contributed by atoms with Gasteiger partial charge >= 0.3 is 0 Å². The second kappa shape index (κ2) is 8.57. The molecule has 31 heavy (non-hydrogen) atoms. The zero-order chi connectivity index (χ0) is 22.3. The number of aromatic nitrogens is 1. The molecule has 0 saturated carbocycles. The highest BCUT2D eigenvalue weighted by atomic mass is 19.1. The molecule has 1 saturated heterocycles. The van der Waals surface area contributed by atoms with E-state index in [-0.39, 0.29) is 6.54 Å². The summed E-state index contributed by atoms with van der Waals surface area (Å²) in [7, 11) is 1.48. The molecular weight excluding hydrogens is 405 g/mol. The van der Waals surface area contributed by atoms with Crippen LogP contribution >= 0.6 is 0 Å². The first-order chi connectivity index (χ1) is 14.8. The molecule has 0 amide bonds. The van der Waals surface area contributed by atoms with Gasteiger partial charge in [0.2, 0.25) is 0 Å². The van der Waals surface area contributed by atoms with Gasteiger partial charge in [0.15, 0.2) is 0 Å².